The van der Waals surface area contributed by atoms with Crippen LogP contribution >= 0.6 is 0 Å². The van der Waals surface area contributed by atoms with Gasteiger partial charge in [-0.15, -0.1) is 0 Å². The first-order valence-corrected chi connectivity index (χ1v) is 6.58. The molecule has 0 spiro atoms. The SMILES string of the molecule is O=C(O)/C=C/c1nccc(-c2ccc3c(c2)CCC3)n1. The zero-order valence-corrected chi connectivity index (χ0v) is 10.9. The Morgan fingerprint density at radius 3 is 2.90 bits per heavy atom. The summed E-state index contributed by atoms with van der Waals surface area (Å²) in [4.78, 5) is 18.9. The Bertz CT molecular complexity index is 693. The second-order valence-electron chi connectivity index (χ2n) is 4.81. The highest BCUT2D eigenvalue weighted by Gasteiger charge is 2.11. The van der Waals surface area contributed by atoms with Crippen molar-refractivity contribution in [1.82, 2.24) is 9.97 Å². The summed E-state index contributed by atoms with van der Waals surface area (Å²) >= 11 is 0. The molecule has 4 heteroatoms. The molecule has 0 radical (unpaired) electrons. The van der Waals surface area contributed by atoms with E-state index in [9.17, 15) is 4.79 Å². The van der Waals surface area contributed by atoms with Gasteiger partial charge in [0.05, 0.1) is 5.69 Å². The molecule has 0 saturated carbocycles. The van der Waals surface area contributed by atoms with Gasteiger partial charge in [-0.1, -0.05) is 12.1 Å². The highest BCUT2D eigenvalue weighted by Crippen LogP contribution is 2.27. The van der Waals surface area contributed by atoms with Gasteiger partial charge in [0.15, 0.2) is 5.82 Å². The van der Waals surface area contributed by atoms with E-state index in [0.717, 1.165) is 30.2 Å². The van der Waals surface area contributed by atoms with Crippen LogP contribution < -0.4 is 0 Å². The fourth-order valence-corrected chi connectivity index (χ4v) is 2.49. The summed E-state index contributed by atoms with van der Waals surface area (Å²) in [5.41, 5.74) is 4.69. The maximum atomic E-state index is 10.5. The molecule has 1 aliphatic carbocycles. The minimum absolute atomic E-state index is 0.408. The van der Waals surface area contributed by atoms with Crippen LogP contribution in [0.1, 0.15) is 23.4 Å². The van der Waals surface area contributed by atoms with E-state index in [1.807, 2.05) is 6.07 Å². The molecule has 0 atom stereocenters. The number of aliphatic carboxylic acids is 1. The van der Waals surface area contributed by atoms with Crippen LogP contribution in [-0.2, 0) is 17.6 Å². The normalized spacial score (nSPS) is 13.6. The lowest BCUT2D eigenvalue weighted by atomic mass is 10.0. The zero-order chi connectivity index (χ0) is 13.9. The number of hydrogen-bond acceptors (Lipinski definition) is 3. The molecule has 1 aliphatic rings. The Morgan fingerprint density at radius 1 is 1.20 bits per heavy atom. The molecular weight excluding hydrogens is 252 g/mol. The largest absolute Gasteiger partial charge is 0.478 e. The van der Waals surface area contributed by atoms with Crippen LogP contribution in [0.15, 0.2) is 36.5 Å². The number of aryl methyl sites for hydroxylation is 2. The molecule has 1 heterocycles. The number of nitrogens with zero attached hydrogens (tertiary/aromatic N) is 2. The van der Waals surface area contributed by atoms with E-state index in [4.69, 9.17) is 5.11 Å². The maximum Gasteiger partial charge on any atom is 0.328 e. The van der Waals surface area contributed by atoms with Gasteiger partial charge in [0, 0.05) is 17.8 Å². The van der Waals surface area contributed by atoms with Gasteiger partial charge in [0.25, 0.3) is 0 Å². The molecule has 20 heavy (non-hydrogen) atoms. The lowest BCUT2D eigenvalue weighted by Crippen LogP contribution is -1.93. The predicted molar refractivity (Wildman–Crippen MR) is 76.2 cm³/mol. The summed E-state index contributed by atoms with van der Waals surface area (Å²) in [6.45, 7) is 0. The third kappa shape index (κ3) is 2.59. The van der Waals surface area contributed by atoms with Crippen LogP contribution in [0.5, 0.6) is 0 Å². The summed E-state index contributed by atoms with van der Waals surface area (Å²) in [7, 11) is 0. The molecule has 100 valence electrons. The molecule has 1 aromatic heterocycles. The summed E-state index contributed by atoms with van der Waals surface area (Å²) in [5, 5.41) is 8.62. The van der Waals surface area contributed by atoms with Gasteiger partial charge in [0.1, 0.15) is 0 Å². The minimum atomic E-state index is -1.00. The Balaban J connectivity index is 1.94. The Hall–Kier alpha value is -2.49. The molecule has 1 aromatic carbocycles. The summed E-state index contributed by atoms with van der Waals surface area (Å²) in [5.74, 6) is -0.595. The summed E-state index contributed by atoms with van der Waals surface area (Å²) in [6.07, 6.45) is 7.60. The number of carboxylic acid groups (broad SMARTS) is 1. The second kappa shape index (κ2) is 5.25. The van der Waals surface area contributed by atoms with Gasteiger partial charge < -0.3 is 5.11 Å². The fraction of sp³-hybridized carbons (Fsp3) is 0.188. The Labute approximate surface area is 116 Å². The average molecular weight is 266 g/mol. The Morgan fingerprint density at radius 2 is 2.05 bits per heavy atom. The van der Waals surface area contributed by atoms with Gasteiger partial charge in [-0.05, 0) is 48.6 Å². The molecule has 0 fully saturated rings. The predicted octanol–water partition coefficient (Wildman–Crippen LogP) is 2.73. The molecule has 1 N–H and O–H groups in total. The van der Waals surface area contributed by atoms with E-state index < -0.39 is 5.97 Å². The standard InChI is InChI=1S/C16H14N2O2/c19-16(20)7-6-15-17-9-8-14(18-15)13-5-4-11-2-1-3-12(11)10-13/h4-10H,1-3H2,(H,19,20)/b7-6+. The molecule has 3 rings (SSSR count). The molecule has 4 nitrogen and oxygen atoms in total. The number of rotatable bonds is 3. The number of benzene rings is 1. The van der Waals surface area contributed by atoms with Crippen molar-refractivity contribution in [3.05, 3.63) is 53.5 Å². The highest BCUT2D eigenvalue weighted by molar-refractivity contribution is 5.84. The lowest BCUT2D eigenvalue weighted by Gasteiger charge is -2.05. The Kier molecular flexibility index (Phi) is 3.29. The van der Waals surface area contributed by atoms with E-state index in [1.54, 1.807) is 6.20 Å². The van der Waals surface area contributed by atoms with Gasteiger partial charge in [-0.2, -0.15) is 0 Å². The molecule has 0 amide bonds. The second-order valence-corrected chi connectivity index (χ2v) is 4.81. The van der Waals surface area contributed by atoms with Crippen molar-refractivity contribution in [2.75, 3.05) is 0 Å². The molecule has 0 unspecified atom stereocenters. The van der Waals surface area contributed by atoms with Crippen molar-refractivity contribution < 1.29 is 9.90 Å². The van der Waals surface area contributed by atoms with Gasteiger partial charge in [-0.3, -0.25) is 0 Å². The number of aromatic nitrogens is 2. The van der Waals surface area contributed by atoms with E-state index >= 15 is 0 Å². The zero-order valence-electron chi connectivity index (χ0n) is 10.9. The molecule has 0 bridgehead atoms. The summed E-state index contributed by atoms with van der Waals surface area (Å²) in [6, 6.07) is 8.24. The van der Waals surface area contributed by atoms with E-state index in [1.165, 1.54) is 23.6 Å². The first-order valence-electron chi connectivity index (χ1n) is 6.58. The number of carbonyl (C=O) groups is 1. The molecule has 0 saturated heterocycles. The summed E-state index contributed by atoms with van der Waals surface area (Å²) < 4.78 is 0. The van der Waals surface area contributed by atoms with E-state index in [0.29, 0.717) is 5.82 Å². The topological polar surface area (TPSA) is 63.1 Å². The van der Waals surface area contributed by atoms with E-state index in [-0.39, 0.29) is 0 Å². The number of fused-ring (bicyclic) bond motifs is 1. The average Bonchev–Trinajstić information content (AvgIpc) is 2.93. The first-order chi connectivity index (χ1) is 9.72. The number of hydrogen-bond donors (Lipinski definition) is 1. The highest BCUT2D eigenvalue weighted by atomic mass is 16.4. The first kappa shape index (κ1) is 12.5. The monoisotopic (exact) mass is 266 g/mol. The van der Waals surface area contributed by atoms with Crippen LogP contribution in [0.25, 0.3) is 17.3 Å². The minimum Gasteiger partial charge on any atom is -0.478 e. The van der Waals surface area contributed by atoms with Gasteiger partial charge in [-0.25, -0.2) is 14.8 Å². The van der Waals surface area contributed by atoms with Crippen molar-refractivity contribution in [3.8, 4) is 11.3 Å². The number of carboxylic acids is 1. The molecule has 0 aliphatic heterocycles. The quantitative estimate of drug-likeness (QED) is 0.868. The molecular formula is C16H14N2O2. The van der Waals surface area contributed by atoms with Crippen molar-refractivity contribution in [2.24, 2.45) is 0 Å². The van der Waals surface area contributed by atoms with Crippen molar-refractivity contribution in [1.29, 1.82) is 0 Å². The fourth-order valence-electron chi connectivity index (χ4n) is 2.49. The van der Waals surface area contributed by atoms with Crippen LogP contribution in [-0.4, -0.2) is 21.0 Å². The van der Waals surface area contributed by atoms with Gasteiger partial charge in [0.2, 0.25) is 0 Å². The maximum absolute atomic E-state index is 10.5. The third-order valence-electron chi connectivity index (χ3n) is 3.44. The van der Waals surface area contributed by atoms with Gasteiger partial charge >= 0.3 is 5.97 Å². The van der Waals surface area contributed by atoms with Crippen molar-refractivity contribution >= 4 is 12.0 Å². The van der Waals surface area contributed by atoms with Crippen LogP contribution in [0.4, 0.5) is 0 Å². The molecule has 2 aromatic rings. The third-order valence-corrected chi connectivity index (χ3v) is 3.44. The van der Waals surface area contributed by atoms with Crippen LogP contribution in [0, 0.1) is 0 Å². The van der Waals surface area contributed by atoms with Crippen molar-refractivity contribution in [3.63, 3.8) is 0 Å². The van der Waals surface area contributed by atoms with Crippen LogP contribution in [0.2, 0.25) is 0 Å². The smallest absolute Gasteiger partial charge is 0.328 e. The lowest BCUT2D eigenvalue weighted by molar-refractivity contribution is -0.131. The van der Waals surface area contributed by atoms with Crippen molar-refractivity contribution in [2.45, 2.75) is 19.3 Å². The van der Waals surface area contributed by atoms with E-state index in [2.05, 4.69) is 28.2 Å². The van der Waals surface area contributed by atoms with Crippen LogP contribution in [0.3, 0.4) is 0 Å².